The monoisotopic (exact) mass is 367 g/mol. The third-order valence-corrected chi connectivity index (χ3v) is 5.61. The Hall–Kier alpha value is -2.54. The molecule has 134 valence electrons. The van der Waals surface area contributed by atoms with Gasteiger partial charge in [0.25, 0.3) is 5.91 Å². The minimum absolute atomic E-state index is 0.00239. The number of nitrogens with one attached hydrogen (secondary N) is 1. The zero-order valence-corrected chi connectivity index (χ0v) is 15.5. The average Bonchev–Trinajstić information content (AvgIpc) is 3.30. The van der Waals surface area contributed by atoms with E-state index < -0.39 is 0 Å². The van der Waals surface area contributed by atoms with Crippen LogP contribution in [0.5, 0.6) is 0 Å². The van der Waals surface area contributed by atoms with Gasteiger partial charge >= 0.3 is 0 Å². The standard InChI is InChI=1S/C19H21N5OS/c1-2-15-18(26-23-22-15)19(25)21-16-9-6-10-17-14(16)11-20-24(17)12-13-7-4-3-5-8-13/h3-5,7-8,11,16H,2,6,9-10,12H2,1H3,(H,21,25). The van der Waals surface area contributed by atoms with E-state index >= 15 is 0 Å². The number of fused-ring (bicyclic) bond motifs is 1. The molecule has 0 fully saturated rings. The van der Waals surface area contributed by atoms with Gasteiger partial charge in [-0.2, -0.15) is 5.10 Å². The molecule has 1 amide bonds. The molecule has 7 heteroatoms. The van der Waals surface area contributed by atoms with Crippen molar-refractivity contribution in [2.45, 2.75) is 45.2 Å². The van der Waals surface area contributed by atoms with E-state index in [9.17, 15) is 4.79 Å². The second-order valence-corrected chi connectivity index (χ2v) is 7.26. The van der Waals surface area contributed by atoms with E-state index in [1.54, 1.807) is 0 Å². The van der Waals surface area contributed by atoms with Crippen LogP contribution in [-0.2, 0) is 19.4 Å². The summed E-state index contributed by atoms with van der Waals surface area (Å²) in [5.74, 6) is -0.0782. The number of amides is 1. The van der Waals surface area contributed by atoms with Gasteiger partial charge in [0.15, 0.2) is 0 Å². The first-order chi connectivity index (χ1) is 12.8. The van der Waals surface area contributed by atoms with Crippen LogP contribution in [0, 0.1) is 0 Å². The topological polar surface area (TPSA) is 72.7 Å². The first-order valence-corrected chi connectivity index (χ1v) is 9.74. The second-order valence-electron chi connectivity index (χ2n) is 6.51. The lowest BCUT2D eigenvalue weighted by atomic mass is 9.92. The van der Waals surface area contributed by atoms with Crippen molar-refractivity contribution in [2.75, 3.05) is 0 Å². The Bertz CT molecular complexity index is 902. The number of hydrogen-bond acceptors (Lipinski definition) is 5. The molecular formula is C19H21N5OS. The largest absolute Gasteiger partial charge is 0.344 e. The van der Waals surface area contributed by atoms with E-state index in [1.165, 1.54) is 22.8 Å². The Morgan fingerprint density at radius 2 is 2.19 bits per heavy atom. The Morgan fingerprint density at radius 3 is 3.00 bits per heavy atom. The molecule has 1 atom stereocenters. The van der Waals surface area contributed by atoms with Gasteiger partial charge in [-0.05, 0) is 42.8 Å². The van der Waals surface area contributed by atoms with Gasteiger partial charge in [-0.15, -0.1) is 5.10 Å². The van der Waals surface area contributed by atoms with E-state index in [4.69, 9.17) is 0 Å². The van der Waals surface area contributed by atoms with Gasteiger partial charge in [0.1, 0.15) is 4.88 Å². The van der Waals surface area contributed by atoms with Crippen LogP contribution in [0.2, 0.25) is 0 Å². The summed E-state index contributed by atoms with van der Waals surface area (Å²) in [6, 6.07) is 10.3. The summed E-state index contributed by atoms with van der Waals surface area (Å²) >= 11 is 1.17. The van der Waals surface area contributed by atoms with Crippen molar-refractivity contribution in [1.82, 2.24) is 24.7 Å². The lowest BCUT2D eigenvalue weighted by Gasteiger charge is -2.24. The van der Waals surface area contributed by atoms with Crippen LogP contribution in [0.15, 0.2) is 36.5 Å². The van der Waals surface area contributed by atoms with Crippen molar-refractivity contribution in [1.29, 1.82) is 0 Å². The highest BCUT2D eigenvalue weighted by atomic mass is 32.1. The maximum atomic E-state index is 12.7. The molecule has 0 radical (unpaired) electrons. The smallest absolute Gasteiger partial charge is 0.265 e. The van der Waals surface area contributed by atoms with Crippen molar-refractivity contribution >= 4 is 17.4 Å². The van der Waals surface area contributed by atoms with Crippen LogP contribution >= 0.6 is 11.5 Å². The summed E-state index contributed by atoms with van der Waals surface area (Å²) in [7, 11) is 0. The highest BCUT2D eigenvalue weighted by Gasteiger charge is 2.27. The van der Waals surface area contributed by atoms with Crippen molar-refractivity contribution in [3.63, 3.8) is 0 Å². The van der Waals surface area contributed by atoms with Gasteiger partial charge < -0.3 is 5.32 Å². The summed E-state index contributed by atoms with van der Waals surface area (Å²) in [5, 5.41) is 11.8. The number of aryl methyl sites for hydroxylation is 1. The molecule has 0 bridgehead atoms. The number of carbonyl (C=O) groups is 1. The normalized spacial score (nSPS) is 16.3. The quantitative estimate of drug-likeness (QED) is 0.752. The number of carbonyl (C=O) groups excluding carboxylic acids is 1. The molecule has 1 aromatic carbocycles. The molecule has 1 unspecified atom stereocenters. The van der Waals surface area contributed by atoms with Crippen LogP contribution in [0.3, 0.4) is 0 Å². The average molecular weight is 367 g/mol. The summed E-state index contributed by atoms with van der Waals surface area (Å²) in [5.41, 5.74) is 4.36. The van der Waals surface area contributed by atoms with E-state index in [-0.39, 0.29) is 11.9 Å². The molecule has 1 aliphatic carbocycles. The Morgan fingerprint density at radius 1 is 1.35 bits per heavy atom. The Balaban J connectivity index is 1.54. The molecule has 4 rings (SSSR count). The van der Waals surface area contributed by atoms with Gasteiger partial charge in [-0.1, -0.05) is 41.7 Å². The number of benzene rings is 1. The second kappa shape index (κ2) is 7.37. The Labute approximate surface area is 156 Å². The van der Waals surface area contributed by atoms with E-state index in [0.717, 1.165) is 37.1 Å². The lowest BCUT2D eigenvalue weighted by molar-refractivity contribution is 0.0935. The minimum Gasteiger partial charge on any atom is -0.344 e. The molecule has 1 aliphatic rings. The summed E-state index contributed by atoms with van der Waals surface area (Å²) in [6.45, 7) is 2.75. The van der Waals surface area contributed by atoms with Gasteiger partial charge in [-0.3, -0.25) is 9.48 Å². The predicted octanol–water partition coefficient (Wildman–Crippen LogP) is 3.15. The van der Waals surface area contributed by atoms with Crippen LogP contribution in [-0.4, -0.2) is 25.3 Å². The molecule has 26 heavy (non-hydrogen) atoms. The maximum absolute atomic E-state index is 12.7. The maximum Gasteiger partial charge on any atom is 0.265 e. The van der Waals surface area contributed by atoms with E-state index in [2.05, 4.69) is 36.8 Å². The number of hydrogen-bond donors (Lipinski definition) is 1. The lowest BCUT2D eigenvalue weighted by Crippen LogP contribution is -2.31. The van der Waals surface area contributed by atoms with E-state index in [1.807, 2.05) is 31.3 Å². The number of nitrogens with zero attached hydrogens (tertiary/aromatic N) is 4. The van der Waals surface area contributed by atoms with Crippen LogP contribution in [0.4, 0.5) is 0 Å². The zero-order chi connectivity index (χ0) is 17.9. The predicted molar refractivity (Wildman–Crippen MR) is 100 cm³/mol. The molecule has 0 aliphatic heterocycles. The first-order valence-electron chi connectivity index (χ1n) is 8.97. The fourth-order valence-corrected chi connectivity index (χ4v) is 4.15. The van der Waals surface area contributed by atoms with Crippen molar-refractivity contribution in [3.8, 4) is 0 Å². The highest BCUT2D eigenvalue weighted by Crippen LogP contribution is 2.30. The van der Waals surface area contributed by atoms with E-state index in [0.29, 0.717) is 11.3 Å². The van der Waals surface area contributed by atoms with Crippen molar-refractivity contribution in [2.24, 2.45) is 0 Å². The fourth-order valence-electron chi connectivity index (χ4n) is 3.50. The first kappa shape index (κ1) is 16.9. The third kappa shape index (κ3) is 3.26. The summed E-state index contributed by atoms with van der Waals surface area (Å²) in [4.78, 5) is 13.3. The molecule has 6 nitrogen and oxygen atoms in total. The van der Waals surface area contributed by atoms with Crippen LogP contribution in [0.25, 0.3) is 0 Å². The van der Waals surface area contributed by atoms with Gasteiger partial charge in [0.2, 0.25) is 0 Å². The molecule has 2 aromatic heterocycles. The number of rotatable bonds is 5. The fraction of sp³-hybridized carbons (Fsp3) is 0.368. The Kier molecular flexibility index (Phi) is 4.79. The minimum atomic E-state index is -0.0782. The zero-order valence-electron chi connectivity index (χ0n) is 14.7. The number of aromatic nitrogens is 4. The van der Waals surface area contributed by atoms with Crippen LogP contribution in [0.1, 0.15) is 58.0 Å². The van der Waals surface area contributed by atoms with Crippen molar-refractivity contribution < 1.29 is 4.79 Å². The highest BCUT2D eigenvalue weighted by molar-refractivity contribution is 7.08. The molecule has 3 aromatic rings. The van der Waals surface area contributed by atoms with Crippen molar-refractivity contribution in [3.05, 3.63) is 63.9 Å². The SMILES string of the molecule is CCc1nnsc1C(=O)NC1CCCc2c1cnn2Cc1ccccc1. The summed E-state index contributed by atoms with van der Waals surface area (Å²) < 4.78 is 5.98. The summed E-state index contributed by atoms with van der Waals surface area (Å²) in [6.07, 6.45) is 5.60. The molecule has 0 saturated carbocycles. The van der Waals surface area contributed by atoms with Crippen LogP contribution < -0.4 is 5.32 Å². The molecular weight excluding hydrogens is 346 g/mol. The molecule has 1 N–H and O–H groups in total. The van der Waals surface area contributed by atoms with Gasteiger partial charge in [0.05, 0.1) is 24.5 Å². The molecule has 0 spiro atoms. The molecule has 0 saturated heterocycles. The van der Waals surface area contributed by atoms with Gasteiger partial charge in [0, 0.05) is 11.3 Å². The molecule has 2 heterocycles. The third-order valence-electron chi connectivity index (χ3n) is 4.84. The van der Waals surface area contributed by atoms with Gasteiger partial charge in [-0.25, -0.2) is 0 Å².